The first-order valence-corrected chi connectivity index (χ1v) is 9.91. The van der Waals surface area contributed by atoms with Gasteiger partial charge < -0.3 is 20.3 Å². The number of nitrogens with zero attached hydrogens (tertiary/aromatic N) is 1. The molecule has 0 fully saturated rings. The highest BCUT2D eigenvalue weighted by molar-refractivity contribution is 5.90. The Labute approximate surface area is 178 Å². The van der Waals surface area contributed by atoms with Crippen molar-refractivity contribution in [2.24, 2.45) is 0 Å². The minimum absolute atomic E-state index is 0.0664. The van der Waals surface area contributed by atoms with Gasteiger partial charge in [0.05, 0.1) is 6.04 Å². The van der Waals surface area contributed by atoms with Crippen molar-refractivity contribution in [2.45, 2.75) is 39.3 Å². The molecule has 2 aromatic rings. The highest BCUT2D eigenvalue weighted by Gasteiger charge is 2.17. The number of nitrogens with one attached hydrogen (secondary N) is 3. The Morgan fingerprint density at radius 1 is 0.933 bits per heavy atom. The fraction of sp³-hybridized carbons (Fsp3) is 0.391. The van der Waals surface area contributed by atoms with Gasteiger partial charge in [0.25, 0.3) is 0 Å². The van der Waals surface area contributed by atoms with E-state index in [1.54, 1.807) is 45.0 Å². The number of benzene rings is 2. The maximum Gasteiger partial charge on any atom is 0.412 e. The first-order valence-electron chi connectivity index (χ1n) is 9.91. The summed E-state index contributed by atoms with van der Waals surface area (Å²) in [5.74, 6) is 0. The van der Waals surface area contributed by atoms with Gasteiger partial charge in [-0.15, -0.1) is 0 Å². The third-order valence-electron chi connectivity index (χ3n) is 4.33. The van der Waals surface area contributed by atoms with Crippen LogP contribution in [-0.4, -0.2) is 43.3 Å². The van der Waals surface area contributed by atoms with Gasteiger partial charge in [-0.3, -0.25) is 5.32 Å². The Hall–Kier alpha value is -3.06. The van der Waals surface area contributed by atoms with E-state index in [0.717, 1.165) is 5.56 Å². The molecule has 2 rings (SSSR count). The third-order valence-corrected chi connectivity index (χ3v) is 4.33. The molecule has 0 bridgehead atoms. The molecule has 7 heteroatoms. The zero-order valence-electron chi connectivity index (χ0n) is 18.6. The van der Waals surface area contributed by atoms with Crippen molar-refractivity contribution in [3.8, 4) is 0 Å². The summed E-state index contributed by atoms with van der Waals surface area (Å²) in [7, 11) is 3.97. The van der Waals surface area contributed by atoms with Crippen LogP contribution in [0.1, 0.15) is 37.9 Å². The lowest BCUT2D eigenvalue weighted by Gasteiger charge is -2.25. The van der Waals surface area contributed by atoms with E-state index >= 15 is 0 Å². The molecule has 0 aliphatic heterocycles. The summed E-state index contributed by atoms with van der Waals surface area (Å²) in [5.41, 5.74) is 2.99. The highest BCUT2D eigenvalue weighted by atomic mass is 16.6. The number of hydrogen-bond donors (Lipinski definition) is 3. The molecule has 0 saturated heterocycles. The Bertz CT molecular complexity index is 840. The van der Waals surface area contributed by atoms with Gasteiger partial charge in [-0.25, -0.2) is 9.59 Å². The molecule has 1 unspecified atom stereocenters. The van der Waals surface area contributed by atoms with Crippen molar-refractivity contribution >= 4 is 23.5 Å². The first-order chi connectivity index (χ1) is 14.0. The second kappa shape index (κ2) is 10.1. The Balaban J connectivity index is 1.88. The van der Waals surface area contributed by atoms with Crippen molar-refractivity contribution < 1.29 is 14.3 Å². The molecule has 7 nitrogen and oxygen atoms in total. The number of amides is 3. The standard InChI is InChI=1S/C23H32N4O3/c1-16-7-9-17(10-8-16)20(27(5)6)15-24-21(28)25-18-11-13-19(14-12-18)26-22(29)30-23(2,3)4/h7-14,20H,15H2,1-6H3,(H,26,29)(H2,24,25,28). The lowest BCUT2D eigenvalue weighted by molar-refractivity contribution is 0.0636. The number of hydrogen-bond acceptors (Lipinski definition) is 4. The van der Waals surface area contributed by atoms with Gasteiger partial charge in [-0.1, -0.05) is 29.8 Å². The number of anilines is 2. The normalized spacial score (nSPS) is 12.2. The number of carbonyl (C=O) groups is 2. The van der Waals surface area contributed by atoms with Gasteiger partial charge in [-0.05, 0) is 71.6 Å². The smallest absolute Gasteiger partial charge is 0.412 e. The Morgan fingerprint density at radius 2 is 1.47 bits per heavy atom. The molecule has 0 spiro atoms. The molecule has 3 N–H and O–H groups in total. The number of carbonyl (C=O) groups excluding carboxylic acids is 2. The predicted molar refractivity (Wildman–Crippen MR) is 121 cm³/mol. The highest BCUT2D eigenvalue weighted by Crippen LogP contribution is 2.18. The number of likely N-dealkylation sites (N-methyl/N-ethyl adjacent to an activating group) is 1. The summed E-state index contributed by atoms with van der Waals surface area (Å²) in [6, 6.07) is 14.9. The topological polar surface area (TPSA) is 82.7 Å². The van der Waals surface area contributed by atoms with Gasteiger partial charge in [0, 0.05) is 17.9 Å². The van der Waals surface area contributed by atoms with Crippen molar-refractivity contribution in [3.05, 3.63) is 59.7 Å². The van der Waals surface area contributed by atoms with E-state index in [2.05, 4.69) is 52.0 Å². The predicted octanol–water partition coefficient (Wildman–Crippen LogP) is 4.77. The molecule has 30 heavy (non-hydrogen) atoms. The quantitative estimate of drug-likeness (QED) is 0.638. The molecule has 1 atom stereocenters. The van der Waals surface area contributed by atoms with Gasteiger partial charge in [0.2, 0.25) is 0 Å². The van der Waals surface area contributed by atoms with E-state index in [0.29, 0.717) is 17.9 Å². The summed E-state index contributed by atoms with van der Waals surface area (Å²) in [6.45, 7) is 7.93. The van der Waals surface area contributed by atoms with Gasteiger partial charge in [0.15, 0.2) is 0 Å². The number of rotatable bonds is 6. The van der Waals surface area contributed by atoms with E-state index in [4.69, 9.17) is 4.74 Å². The van der Waals surface area contributed by atoms with Crippen LogP contribution in [0, 0.1) is 6.92 Å². The largest absolute Gasteiger partial charge is 0.444 e. The van der Waals surface area contributed by atoms with Gasteiger partial charge in [0.1, 0.15) is 5.60 Å². The number of urea groups is 1. The summed E-state index contributed by atoms with van der Waals surface area (Å²) in [6.07, 6.45) is -0.521. The van der Waals surface area contributed by atoms with E-state index in [1.807, 2.05) is 14.1 Å². The van der Waals surface area contributed by atoms with Crippen LogP contribution in [0.15, 0.2) is 48.5 Å². The summed E-state index contributed by atoms with van der Waals surface area (Å²) in [5, 5.41) is 8.38. The second-order valence-electron chi connectivity index (χ2n) is 8.43. The summed E-state index contributed by atoms with van der Waals surface area (Å²) in [4.78, 5) is 26.2. The molecular weight excluding hydrogens is 380 g/mol. The molecule has 2 aromatic carbocycles. The van der Waals surface area contributed by atoms with Crippen molar-refractivity contribution in [1.82, 2.24) is 10.2 Å². The minimum atomic E-state index is -0.563. The van der Waals surface area contributed by atoms with Gasteiger partial charge >= 0.3 is 12.1 Å². The second-order valence-corrected chi connectivity index (χ2v) is 8.43. The summed E-state index contributed by atoms with van der Waals surface area (Å²) < 4.78 is 5.22. The van der Waals surface area contributed by atoms with E-state index in [-0.39, 0.29) is 12.1 Å². The van der Waals surface area contributed by atoms with Crippen LogP contribution in [0.2, 0.25) is 0 Å². The van der Waals surface area contributed by atoms with Crippen LogP contribution < -0.4 is 16.0 Å². The van der Waals surface area contributed by atoms with E-state index < -0.39 is 11.7 Å². The molecule has 3 amide bonds. The fourth-order valence-electron chi connectivity index (χ4n) is 2.81. The van der Waals surface area contributed by atoms with Crippen LogP contribution >= 0.6 is 0 Å². The van der Waals surface area contributed by atoms with Crippen LogP contribution in [0.4, 0.5) is 21.0 Å². The molecule has 0 aromatic heterocycles. The average molecular weight is 413 g/mol. The fourth-order valence-corrected chi connectivity index (χ4v) is 2.81. The average Bonchev–Trinajstić information content (AvgIpc) is 2.63. The Kier molecular flexibility index (Phi) is 7.83. The van der Waals surface area contributed by atoms with Crippen LogP contribution in [-0.2, 0) is 4.74 Å². The lowest BCUT2D eigenvalue weighted by Crippen LogP contribution is -2.36. The molecule has 0 heterocycles. The number of aryl methyl sites for hydroxylation is 1. The third kappa shape index (κ3) is 7.75. The van der Waals surface area contributed by atoms with Gasteiger partial charge in [-0.2, -0.15) is 0 Å². The zero-order chi connectivity index (χ0) is 22.3. The molecule has 162 valence electrons. The summed E-state index contributed by atoms with van der Waals surface area (Å²) >= 11 is 0. The van der Waals surface area contributed by atoms with Crippen LogP contribution in [0.5, 0.6) is 0 Å². The number of ether oxygens (including phenoxy) is 1. The van der Waals surface area contributed by atoms with Crippen molar-refractivity contribution in [3.63, 3.8) is 0 Å². The zero-order valence-corrected chi connectivity index (χ0v) is 18.6. The molecule has 0 saturated carbocycles. The van der Waals surface area contributed by atoms with Crippen LogP contribution in [0.25, 0.3) is 0 Å². The first kappa shape index (κ1) is 23.2. The Morgan fingerprint density at radius 3 is 1.97 bits per heavy atom. The maximum atomic E-state index is 12.3. The SMILES string of the molecule is Cc1ccc(C(CNC(=O)Nc2ccc(NC(=O)OC(C)(C)C)cc2)N(C)C)cc1. The molecule has 0 radical (unpaired) electrons. The molecular formula is C23H32N4O3. The molecule has 0 aliphatic carbocycles. The maximum absolute atomic E-state index is 12.3. The van der Waals surface area contributed by atoms with Crippen molar-refractivity contribution in [2.75, 3.05) is 31.3 Å². The van der Waals surface area contributed by atoms with Crippen molar-refractivity contribution in [1.29, 1.82) is 0 Å². The van der Waals surface area contributed by atoms with E-state index in [9.17, 15) is 9.59 Å². The lowest BCUT2D eigenvalue weighted by atomic mass is 10.0. The monoisotopic (exact) mass is 412 g/mol. The van der Waals surface area contributed by atoms with Crippen LogP contribution in [0.3, 0.4) is 0 Å². The minimum Gasteiger partial charge on any atom is -0.444 e. The molecule has 0 aliphatic rings. The van der Waals surface area contributed by atoms with E-state index in [1.165, 1.54) is 5.56 Å².